The topological polar surface area (TPSA) is 44.7 Å². The summed E-state index contributed by atoms with van der Waals surface area (Å²) in [5, 5.41) is 13.6. The molecule has 0 aliphatic carbocycles. The van der Waals surface area contributed by atoms with Crippen LogP contribution in [-0.4, -0.2) is 39.0 Å². The molecule has 4 nitrogen and oxygen atoms in total. The maximum atomic E-state index is 10.6. The second kappa shape index (κ2) is 7.82. The van der Waals surface area contributed by atoms with Gasteiger partial charge in [-0.05, 0) is 36.9 Å². The zero-order valence-corrected chi connectivity index (χ0v) is 13.4. The van der Waals surface area contributed by atoms with E-state index in [9.17, 15) is 5.11 Å². The molecule has 0 aliphatic rings. The van der Waals surface area contributed by atoms with Crippen LogP contribution in [0.3, 0.4) is 0 Å². The van der Waals surface area contributed by atoms with Crippen LogP contribution in [0.25, 0.3) is 0 Å². The van der Waals surface area contributed by atoms with Crippen molar-refractivity contribution in [3.05, 3.63) is 60.2 Å². The lowest BCUT2D eigenvalue weighted by molar-refractivity contribution is 0.142. The Hall–Kier alpha value is -2.04. The number of para-hydroxylation sites is 1. The fourth-order valence-corrected chi connectivity index (χ4v) is 2.65. The van der Waals surface area contributed by atoms with Gasteiger partial charge >= 0.3 is 0 Å². The number of nitrogens with one attached hydrogen (secondary N) is 1. The van der Waals surface area contributed by atoms with E-state index in [0.717, 1.165) is 17.0 Å². The molecule has 2 aromatic carbocycles. The molecule has 2 aromatic rings. The van der Waals surface area contributed by atoms with Crippen LogP contribution in [0, 0.1) is 0 Å². The molecule has 2 atom stereocenters. The summed E-state index contributed by atoms with van der Waals surface area (Å²) >= 11 is 0. The Kier molecular flexibility index (Phi) is 5.81. The normalized spacial score (nSPS) is 13.5. The zero-order chi connectivity index (χ0) is 15.9. The van der Waals surface area contributed by atoms with Crippen molar-refractivity contribution in [2.45, 2.75) is 12.1 Å². The molecule has 0 amide bonds. The molecule has 0 saturated heterocycles. The first-order chi connectivity index (χ1) is 10.7. The molecule has 22 heavy (non-hydrogen) atoms. The van der Waals surface area contributed by atoms with Crippen LogP contribution in [0.2, 0.25) is 0 Å². The number of aliphatic hydroxyl groups is 1. The summed E-state index contributed by atoms with van der Waals surface area (Å²) in [5.74, 6) is 0.813. The van der Waals surface area contributed by atoms with E-state index in [-0.39, 0.29) is 6.04 Å². The highest BCUT2D eigenvalue weighted by Crippen LogP contribution is 2.29. The van der Waals surface area contributed by atoms with Gasteiger partial charge in [-0.3, -0.25) is 0 Å². The molecule has 118 valence electrons. The molecule has 0 fully saturated rings. The standard InChI is InChI=1S/C18H24N2O2/c1-19-13-17(21)18(14-9-11-16(22-3)12-10-14)20(2)15-7-5-4-6-8-15/h4-12,17-19,21H,13H2,1-3H3/t17-,18?/m1/s1. The number of hydrogen-bond acceptors (Lipinski definition) is 4. The van der Waals surface area contributed by atoms with Gasteiger partial charge < -0.3 is 20.1 Å². The van der Waals surface area contributed by atoms with E-state index in [0.29, 0.717) is 6.54 Å². The van der Waals surface area contributed by atoms with Gasteiger partial charge in [0.15, 0.2) is 0 Å². The van der Waals surface area contributed by atoms with Crippen molar-refractivity contribution < 1.29 is 9.84 Å². The van der Waals surface area contributed by atoms with Gasteiger partial charge in [-0.15, -0.1) is 0 Å². The average Bonchev–Trinajstić information content (AvgIpc) is 2.56. The quantitative estimate of drug-likeness (QED) is 0.824. The first kappa shape index (κ1) is 16.3. The number of methoxy groups -OCH3 is 1. The van der Waals surface area contributed by atoms with Gasteiger partial charge in [0, 0.05) is 19.3 Å². The van der Waals surface area contributed by atoms with Crippen LogP contribution in [-0.2, 0) is 0 Å². The van der Waals surface area contributed by atoms with E-state index in [1.165, 1.54) is 0 Å². The number of anilines is 1. The Morgan fingerprint density at radius 3 is 2.27 bits per heavy atom. The molecule has 0 saturated carbocycles. The Labute approximate surface area is 132 Å². The van der Waals surface area contributed by atoms with Crippen LogP contribution in [0.15, 0.2) is 54.6 Å². The number of ether oxygens (including phenoxy) is 1. The number of rotatable bonds is 7. The monoisotopic (exact) mass is 300 g/mol. The summed E-state index contributed by atoms with van der Waals surface area (Å²) in [6.45, 7) is 0.522. The SMILES string of the molecule is CNC[C@@H](O)C(c1ccc(OC)cc1)N(C)c1ccccc1. The molecule has 0 radical (unpaired) electrons. The molecule has 2 rings (SSSR count). The largest absolute Gasteiger partial charge is 0.497 e. The molecule has 0 spiro atoms. The smallest absolute Gasteiger partial charge is 0.118 e. The fourth-order valence-electron chi connectivity index (χ4n) is 2.65. The Morgan fingerprint density at radius 2 is 1.73 bits per heavy atom. The minimum Gasteiger partial charge on any atom is -0.497 e. The maximum Gasteiger partial charge on any atom is 0.118 e. The third kappa shape index (κ3) is 3.78. The van der Waals surface area contributed by atoms with Crippen LogP contribution >= 0.6 is 0 Å². The third-order valence-corrected chi connectivity index (χ3v) is 3.82. The van der Waals surface area contributed by atoms with Crippen molar-refractivity contribution in [3.63, 3.8) is 0 Å². The minimum absolute atomic E-state index is 0.138. The van der Waals surface area contributed by atoms with Gasteiger partial charge in [-0.1, -0.05) is 30.3 Å². The van der Waals surface area contributed by atoms with Crippen molar-refractivity contribution in [1.82, 2.24) is 5.32 Å². The summed E-state index contributed by atoms with van der Waals surface area (Å²) in [4.78, 5) is 2.10. The van der Waals surface area contributed by atoms with Gasteiger partial charge in [-0.25, -0.2) is 0 Å². The highest BCUT2D eigenvalue weighted by atomic mass is 16.5. The van der Waals surface area contributed by atoms with E-state index < -0.39 is 6.10 Å². The molecule has 0 heterocycles. The Bertz CT molecular complexity index is 557. The van der Waals surface area contributed by atoms with E-state index in [1.807, 2.05) is 68.7 Å². The van der Waals surface area contributed by atoms with Crippen molar-refractivity contribution in [1.29, 1.82) is 0 Å². The van der Waals surface area contributed by atoms with Crippen molar-refractivity contribution in [2.24, 2.45) is 0 Å². The van der Waals surface area contributed by atoms with Crippen molar-refractivity contribution >= 4 is 5.69 Å². The van der Waals surface area contributed by atoms with Gasteiger partial charge in [-0.2, -0.15) is 0 Å². The third-order valence-electron chi connectivity index (χ3n) is 3.82. The van der Waals surface area contributed by atoms with E-state index in [4.69, 9.17) is 4.74 Å². The Balaban J connectivity index is 2.33. The van der Waals surface area contributed by atoms with Gasteiger partial charge in [0.05, 0.1) is 19.3 Å². The number of benzene rings is 2. The minimum atomic E-state index is -0.524. The summed E-state index contributed by atoms with van der Waals surface area (Å²) in [6.07, 6.45) is -0.524. The molecule has 4 heteroatoms. The lowest BCUT2D eigenvalue weighted by atomic mass is 9.99. The highest BCUT2D eigenvalue weighted by molar-refractivity contribution is 5.48. The number of hydrogen-bond donors (Lipinski definition) is 2. The second-order valence-electron chi connectivity index (χ2n) is 5.29. The number of aliphatic hydroxyl groups excluding tert-OH is 1. The van der Waals surface area contributed by atoms with Crippen LogP contribution < -0.4 is 15.0 Å². The molecule has 0 bridgehead atoms. The van der Waals surface area contributed by atoms with Crippen LogP contribution in [0.4, 0.5) is 5.69 Å². The van der Waals surface area contributed by atoms with Crippen molar-refractivity contribution in [2.75, 3.05) is 32.6 Å². The molecule has 0 aliphatic heterocycles. The first-order valence-electron chi connectivity index (χ1n) is 7.42. The second-order valence-corrected chi connectivity index (χ2v) is 5.29. The van der Waals surface area contributed by atoms with Gasteiger partial charge in [0.2, 0.25) is 0 Å². The molecular weight excluding hydrogens is 276 g/mol. The number of nitrogens with zero attached hydrogens (tertiary/aromatic N) is 1. The lowest BCUT2D eigenvalue weighted by Gasteiger charge is -2.34. The van der Waals surface area contributed by atoms with Crippen molar-refractivity contribution in [3.8, 4) is 5.75 Å². The van der Waals surface area contributed by atoms with Crippen LogP contribution in [0.1, 0.15) is 11.6 Å². The molecule has 2 N–H and O–H groups in total. The predicted octanol–water partition coefficient (Wildman–Crippen LogP) is 2.45. The Morgan fingerprint density at radius 1 is 1.09 bits per heavy atom. The summed E-state index contributed by atoms with van der Waals surface area (Å²) in [7, 11) is 5.50. The highest BCUT2D eigenvalue weighted by Gasteiger charge is 2.25. The van der Waals surface area contributed by atoms with Gasteiger partial charge in [0.25, 0.3) is 0 Å². The average molecular weight is 300 g/mol. The summed E-state index contributed by atoms with van der Waals surface area (Å²) in [5.41, 5.74) is 2.12. The zero-order valence-electron chi connectivity index (χ0n) is 13.4. The lowest BCUT2D eigenvalue weighted by Crippen LogP contribution is -2.39. The molecule has 0 aromatic heterocycles. The maximum absolute atomic E-state index is 10.6. The predicted molar refractivity (Wildman–Crippen MR) is 90.5 cm³/mol. The molecule has 1 unspecified atom stereocenters. The van der Waals surface area contributed by atoms with E-state index in [1.54, 1.807) is 7.11 Å². The molecular formula is C18H24N2O2. The van der Waals surface area contributed by atoms with E-state index >= 15 is 0 Å². The first-order valence-corrected chi connectivity index (χ1v) is 7.42. The number of likely N-dealkylation sites (N-methyl/N-ethyl adjacent to an activating group) is 2. The van der Waals surface area contributed by atoms with Gasteiger partial charge in [0.1, 0.15) is 5.75 Å². The summed E-state index contributed by atoms with van der Waals surface area (Å²) < 4.78 is 5.21. The summed E-state index contributed by atoms with van der Waals surface area (Å²) in [6, 6.07) is 17.8. The van der Waals surface area contributed by atoms with E-state index in [2.05, 4.69) is 10.2 Å². The fraction of sp³-hybridized carbons (Fsp3) is 0.333. The van der Waals surface area contributed by atoms with Crippen LogP contribution in [0.5, 0.6) is 5.75 Å².